The third-order valence-electron chi connectivity index (χ3n) is 2.64. The summed E-state index contributed by atoms with van der Waals surface area (Å²) < 4.78 is 5.20. The minimum absolute atomic E-state index is 0.236. The summed E-state index contributed by atoms with van der Waals surface area (Å²) in [7, 11) is 0. The fraction of sp³-hybridized carbons (Fsp3) is 0.750. The SMILES string of the molecule is C=CCCCNCCC(=O)N1CCOCC1. The van der Waals surface area contributed by atoms with Crippen molar-refractivity contribution in [3.05, 3.63) is 12.7 Å². The van der Waals surface area contributed by atoms with Gasteiger partial charge < -0.3 is 15.0 Å². The topological polar surface area (TPSA) is 41.6 Å². The summed E-state index contributed by atoms with van der Waals surface area (Å²) in [6.07, 6.45) is 4.63. The number of morpholine rings is 1. The molecule has 4 nitrogen and oxygen atoms in total. The fourth-order valence-corrected chi connectivity index (χ4v) is 1.66. The Hall–Kier alpha value is -0.870. The van der Waals surface area contributed by atoms with E-state index in [0.717, 1.165) is 39.0 Å². The Morgan fingerprint density at radius 2 is 2.12 bits per heavy atom. The van der Waals surface area contributed by atoms with E-state index in [4.69, 9.17) is 4.74 Å². The molecule has 0 spiro atoms. The van der Waals surface area contributed by atoms with Crippen LogP contribution in [0.1, 0.15) is 19.3 Å². The zero-order valence-electron chi connectivity index (χ0n) is 9.91. The van der Waals surface area contributed by atoms with Gasteiger partial charge in [-0.05, 0) is 19.4 Å². The second-order valence-electron chi connectivity index (χ2n) is 3.92. The number of allylic oxidation sites excluding steroid dienone is 1. The number of nitrogens with one attached hydrogen (secondary N) is 1. The van der Waals surface area contributed by atoms with Crippen molar-refractivity contribution in [1.82, 2.24) is 10.2 Å². The van der Waals surface area contributed by atoms with E-state index < -0.39 is 0 Å². The van der Waals surface area contributed by atoms with Crippen molar-refractivity contribution >= 4 is 5.91 Å². The molecule has 1 fully saturated rings. The number of hydrogen-bond donors (Lipinski definition) is 1. The highest BCUT2D eigenvalue weighted by Crippen LogP contribution is 1.99. The molecule has 0 unspecified atom stereocenters. The third-order valence-corrected chi connectivity index (χ3v) is 2.64. The van der Waals surface area contributed by atoms with Gasteiger partial charge in [0, 0.05) is 26.1 Å². The summed E-state index contributed by atoms with van der Waals surface area (Å²) in [5, 5.41) is 3.26. The molecule has 1 saturated heterocycles. The monoisotopic (exact) mass is 226 g/mol. The number of ether oxygens (including phenoxy) is 1. The smallest absolute Gasteiger partial charge is 0.224 e. The highest BCUT2D eigenvalue weighted by molar-refractivity contribution is 5.76. The molecular formula is C12H22N2O2. The first-order chi connectivity index (χ1) is 7.84. The van der Waals surface area contributed by atoms with Crippen LogP contribution in [0.2, 0.25) is 0 Å². The van der Waals surface area contributed by atoms with E-state index in [9.17, 15) is 4.79 Å². The van der Waals surface area contributed by atoms with Gasteiger partial charge in [-0.3, -0.25) is 4.79 Å². The number of unbranched alkanes of at least 4 members (excludes halogenated alkanes) is 1. The van der Waals surface area contributed by atoms with Crippen molar-refractivity contribution < 1.29 is 9.53 Å². The molecule has 0 aromatic rings. The van der Waals surface area contributed by atoms with E-state index >= 15 is 0 Å². The highest BCUT2D eigenvalue weighted by atomic mass is 16.5. The molecule has 0 saturated carbocycles. The van der Waals surface area contributed by atoms with Gasteiger partial charge in [-0.2, -0.15) is 0 Å². The van der Waals surface area contributed by atoms with Crippen LogP contribution in [0.25, 0.3) is 0 Å². The Labute approximate surface area is 97.6 Å². The standard InChI is InChI=1S/C12H22N2O2/c1-2-3-4-6-13-7-5-12(15)14-8-10-16-11-9-14/h2,13H,1,3-11H2. The molecule has 16 heavy (non-hydrogen) atoms. The molecular weight excluding hydrogens is 204 g/mol. The average molecular weight is 226 g/mol. The second-order valence-corrected chi connectivity index (χ2v) is 3.92. The molecule has 1 heterocycles. The van der Waals surface area contributed by atoms with Crippen molar-refractivity contribution in [1.29, 1.82) is 0 Å². The fourth-order valence-electron chi connectivity index (χ4n) is 1.66. The summed E-state index contributed by atoms with van der Waals surface area (Å²) in [6, 6.07) is 0. The minimum atomic E-state index is 0.236. The van der Waals surface area contributed by atoms with E-state index in [-0.39, 0.29) is 5.91 Å². The maximum atomic E-state index is 11.7. The third kappa shape index (κ3) is 5.28. The van der Waals surface area contributed by atoms with Gasteiger partial charge in [-0.25, -0.2) is 0 Å². The maximum absolute atomic E-state index is 11.7. The number of carbonyl (C=O) groups is 1. The molecule has 0 atom stereocenters. The van der Waals surface area contributed by atoms with Crippen LogP contribution in [-0.4, -0.2) is 50.2 Å². The molecule has 0 aliphatic carbocycles. The number of carbonyl (C=O) groups excluding carboxylic acids is 1. The maximum Gasteiger partial charge on any atom is 0.224 e. The Morgan fingerprint density at radius 1 is 1.38 bits per heavy atom. The van der Waals surface area contributed by atoms with Crippen LogP contribution < -0.4 is 5.32 Å². The molecule has 92 valence electrons. The van der Waals surface area contributed by atoms with E-state index in [1.165, 1.54) is 0 Å². The molecule has 0 radical (unpaired) electrons. The van der Waals surface area contributed by atoms with Crippen LogP contribution in [-0.2, 0) is 9.53 Å². The molecule has 1 rings (SSSR count). The lowest BCUT2D eigenvalue weighted by Gasteiger charge is -2.26. The summed E-state index contributed by atoms with van der Waals surface area (Å²) in [5.41, 5.74) is 0. The van der Waals surface area contributed by atoms with Gasteiger partial charge in [0.05, 0.1) is 13.2 Å². The van der Waals surface area contributed by atoms with Crippen LogP contribution in [0.15, 0.2) is 12.7 Å². The van der Waals surface area contributed by atoms with E-state index in [1.807, 2.05) is 11.0 Å². The first-order valence-electron chi connectivity index (χ1n) is 6.01. The summed E-state index contributed by atoms with van der Waals surface area (Å²) in [5.74, 6) is 0.236. The average Bonchev–Trinajstić information content (AvgIpc) is 2.34. The van der Waals surface area contributed by atoms with Gasteiger partial charge in [0.15, 0.2) is 0 Å². The van der Waals surface area contributed by atoms with Crippen molar-refractivity contribution in [2.75, 3.05) is 39.4 Å². The normalized spacial score (nSPS) is 16.1. The zero-order chi connectivity index (χ0) is 11.6. The summed E-state index contributed by atoms with van der Waals surface area (Å²) in [4.78, 5) is 13.6. The van der Waals surface area contributed by atoms with Crippen molar-refractivity contribution in [2.45, 2.75) is 19.3 Å². The molecule has 1 amide bonds. The van der Waals surface area contributed by atoms with Crippen molar-refractivity contribution in [3.63, 3.8) is 0 Å². The number of rotatable bonds is 7. The lowest BCUT2D eigenvalue weighted by molar-refractivity contribution is -0.135. The molecule has 1 aliphatic heterocycles. The van der Waals surface area contributed by atoms with Crippen LogP contribution >= 0.6 is 0 Å². The van der Waals surface area contributed by atoms with E-state index in [0.29, 0.717) is 19.6 Å². The van der Waals surface area contributed by atoms with Gasteiger partial charge in [-0.15, -0.1) is 6.58 Å². The van der Waals surface area contributed by atoms with Gasteiger partial charge in [-0.1, -0.05) is 6.08 Å². The van der Waals surface area contributed by atoms with Crippen molar-refractivity contribution in [3.8, 4) is 0 Å². The highest BCUT2D eigenvalue weighted by Gasteiger charge is 2.15. The molecule has 1 N–H and O–H groups in total. The van der Waals surface area contributed by atoms with Crippen LogP contribution in [0.3, 0.4) is 0 Å². The summed E-state index contributed by atoms with van der Waals surface area (Å²) >= 11 is 0. The van der Waals surface area contributed by atoms with Gasteiger partial charge in [0.25, 0.3) is 0 Å². The number of amides is 1. The Balaban J connectivity index is 1.99. The van der Waals surface area contributed by atoms with E-state index in [2.05, 4.69) is 11.9 Å². The number of nitrogens with zero attached hydrogens (tertiary/aromatic N) is 1. The lowest BCUT2D eigenvalue weighted by atomic mass is 10.3. The Kier molecular flexibility index (Phi) is 6.85. The number of hydrogen-bond acceptors (Lipinski definition) is 3. The quantitative estimate of drug-likeness (QED) is 0.515. The predicted molar refractivity (Wildman–Crippen MR) is 64.3 cm³/mol. The Bertz CT molecular complexity index is 213. The minimum Gasteiger partial charge on any atom is -0.378 e. The predicted octanol–water partition coefficient (Wildman–Crippen LogP) is 0.791. The molecule has 0 aromatic carbocycles. The largest absolute Gasteiger partial charge is 0.378 e. The zero-order valence-corrected chi connectivity index (χ0v) is 9.91. The first-order valence-corrected chi connectivity index (χ1v) is 6.01. The van der Waals surface area contributed by atoms with E-state index in [1.54, 1.807) is 0 Å². The van der Waals surface area contributed by atoms with Crippen LogP contribution in [0.4, 0.5) is 0 Å². The second kappa shape index (κ2) is 8.30. The van der Waals surface area contributed by atoms with Gasteiger partial charge >= 0.3 is 0 Å². The van der Waals surface area contributed by atoms with Crippen molar-refractivity contribution in [2.24, 2.45) is 0 Å². The molecule has 1 aliphatic rings. The van der Waals surface area contributed by atoms with Crippen LogP contribution in [0.5, 0.6) is 0 Å². The molecule has 0 bridgehead atoms. The lowest BCUT2D eigenvalue weighted by Crippen LogP contribution is -2.41. The summed E-state index contributed by atoms with van der Waals surface area (Å²) in [6.45, 7) is 8.25. The molecule has 0 aromatic heterocycles. The molecule has 4 heteroatoms. The van der Waals surface area contributed by atoms with Gasteiger partial charge in [0.1, 0.15) is 0 Å². The first kappa shape index (κ1) is 13.2. The van der Waals surface area contributed by atoms with Crippen LogP contribution in [0, 0.1) is 0 Å². The Morgan fingerprint density at radius 3 is 2.81 bits per heavy atom. The van der Waals surface area contributed by atoms with Gasteiger partial charge in [0.2, 0.25) is 5.91 Å².